The third-order valence-corrected chi connectivity index (χ3v) is 7.67. The standard InChI is InChI=1S/C20H18BBrF5NO5S/c1-19(20(25,26)27)8-11(10-4-5-13(23)15(24)16(10)32-2)17(34-19)18(29)28-9-3-6-14(12(22)7-9)33-21(30)31/h3-7,11,17,30-31H,8H2,1-2H3,(H,28,29). The zero-order chi connectivity index (χ0) is 25.4. The molecule has 0 saturated carbocycles. The largest absolute Gasteiger partial charge is 0.707 e. The summed E-state index contributed by atoms with van der Waals surface area (Å²) in [6, 6.07) is 5.90. The molecule has 14 heteroatoms. The molecular weight excluding hydrogens is 552 g/mol. The lowest BCUT2D eigenvalue weighted by molar-refractivity contribution is -0.155. The molecule has 1 saturated heterocycles. The number of amides is 1. The molecule has 0 radical (unpaired) electrons. The number of thioether (sulfide) groups is 1. The van der Waals surface area contributed by atoms with Gasteiger partial charge in [0.2, 0.25) is 11.7 Å². The Balaban J connectivity index is 1.96. The van der Waals surface area contributed by atoms with Gasteiger partial charge in [-0.05, 0) is 53.5 Å². The van der Waals surface area contributed by atoms with E-state index in [1.807, 2.05) is 0 Å². The average Bonchev–Trinajstić information content (AvgIpc) is 3.10. The highest BCUT2D eigenvalue weighted by molar-refractivity contribution is 9.10. The van der Waals surface area contributed by atoms with Gasteiger partial charge in [0.15, 0.2) is 11.6 Å². The number of nitrogens with one attached hydrogen (secondary N) is 1. The summed E-state index contributed by atoms with van der Waals surface area (Å²) >= 11 is 3.51. The van der Waals surface area contributed by atoms with Crippen LogP contribution in [0.3, 0.4) is 0 Å². The van der Waals surface area contributed by atoms with Crippen LogP contribution < -0.4 is 14.7 Å². The Morgan fingerprint density at radius 2 is 1.94 bits per heavy atom. The molecule has 1 heterocycles. The van der Waals surface area contributed by atoms with Crippen LogP contribution in [0.25, 0.3) is 0 Å². The highest BCUT2D eigenvalue weighted by Crippen LogP contribution is 2.59. The maximum absolute atomic E-state index is 14.3. The van der Waals surface area contributed by atoms with Crippen LogP contribution in [0.4, 0.5) is 27.6 Å². The molecule has 2 aromatic rings. The summed E-state index contributed by atoms with van der Waals surface area (Å²) < 4.78 is 77.1. The molecule has 1 aliphatic rings. The molecule has 0 bridgehead atoms. The number of rotatable bonds is 6. The molecule has 1 aliphatic heterocycles. The minimum absolute atomic E-state index is 0.0392. The van der Waals surface area contributed by atoms with Gasteiger partial charge in [0, 0.05) is 17.2 Å². The Kier molecular flexibility index (Phi) is 7.75. The Labute approximate surface area is 204 Å². The maximum atomic E-state index is 14.3. The highest BCUT2D eigenvalue weighted by atomic mass is 79.9. The van der Waals surface area contributed by atoms with E-state index in [0.717, 1.165) is 26.2 Å². The molecule has 1 amide bonds. The number of methoxy groups -OCH3 is 1. The van der Waals surface area contributed by atoms with Gasteiger partial charge in [0.05, 0.1) is 16.8 Å². The van der Waals surface area contributed by atoms with E-state index in [2.05, 4.69) is 21.2 Å². The summed E-state index contributed by atoms with van der Waals surface area (Å²) in [6.07, 6.45) is -5.24. The Morgan fingerprint density at radius 1 is 1.26 bits per heavy atom. The molecule has 184 valence electrons. The minimum Gasteiger partial charge on any atom is -0.511 e. The molecule has 2 aromatic carbocycles. The number of alkyl halides is 3. The van der Waals surface area contributed by atoms with Crippen molar-refractivity contribution in [2.24, 2.45) is 0 Å². The fourth-order valence-corrected chi connectivity index (χ4v) is 5.69. The van der Waals surface area contributed by atoms with Gasteiger partial charge in [-0.1, -0.05) is 6.07 Å². The van der Waals surface area contributed by atoms with Crippen molar-refractivity contribution in [1.29, 1.82) is 0 Å². The summed E-state index contributed by atoms with van der Waals surface area (Å²) in [7, 11) is -1.02. The van der Waals surface area contributed by atoms with Crippen molar-refractivity contribution >= 4 is 46.6 Å². The lowest BCUT2D eigenvalue weighted by atomic mass is 9.85. The summed E-state index contributed by atoms with van der Waals surface area (Å²) in [5.74, 6) is -5.03. The van der Waals surface area contributed by atoms with Gasteiger partial charge < -0.3 is 24.8 Å². The van der Waals surface area contributed by atoms with Crippen LogP contribution in [0.2, 0.25) is 0 Å². The van der Waals surface area contributed by atoms with Gasteiger partial charge in [-0.3, -0.25) is 4.79 Å². The van der Waals surface area contributed by atoms with Crippen LogP contribution in [-0.2, 0) is 4.79 Å². The molecule has 34 heavy (non-hydrogen) atoms. The fourth-order valence-electron chi connectivity index (χ4n) is 3.68. The third kappa shape index (κ3) is 5.29. The third-order valence-electron chi connectivity index (χ3n) is 5.34. The number of hydrogen-bond acceptors (Lipinski definition) is 6. The summed E-state index contributed by atoms with van der Waals surface area (Å²) in [5, 5.41) is 19.0. The first-order chi connectivity index (χ1) is 15.8. The second-order valence-corrected chi connectivity index (χ2v) is 10.1. The number of benzene rings is 2. The molecule has 3 rings (SSSR count). The van der Waals surface area contributed by atoms with Crippen LogP contribution in [0.5, 0.6) is 11.5 Å². The van der Waals surface area contributed by atoms with Gasteiger partial charge in [0.1, 0.15) is 10.5 Å². The van der Waals surface area contributed by atoms with Crippen LogP contribution >= 0.6 is 27.7 Å². The molecule has 1 fully saturated rings. The zero-order valence-corrected chi connectivity index (χ0v) is 20.0. The summed E-state index contributed by atoms with van der Waals surface area (Å²) in [5.41, 5.74) is 0.123. The van der Waals surface area contributed by atoms with Crippen molar-refractivity contribution in [2.75, 3.05) is 12.4 Å². The smallest absolute Gasteiger partial charge is 0.511 e. The number of carbonyl (C=O) groups is 1. The number of hydrogen-bond donors (Lipinski definition) is 3. The first-order valence-corrected chi connectivity index (χ1v) is 11.3. The molecular formula is C20H18BBrF5NO5S. The van der Waals surface area contributed by atoms with Crippen molar-refractivity contribution in [1.82, 2.24) is 0 Å². The predicted octanol–water partition coefficient (Wildman–Crippen LogP) is 4.63. The predicted molar refractivity (Wildman–Crippen MR) is 120 cm³/mol. The van der Waals surface area contributed by atoms with Gasteiger partial charge in [-0.15, -0.1) is 11.8 Å². The second kappa shape index (κ2) is 9.92. The van der Waals surface area contributed by atoms with Crippen LogP contribution in [-0.4, -0.2) is 46.6 Å². The van der Waals surface area contributed by atoms with Crippen molar-refractivity contribution in [3.8, 4) is 11.5 Å². The number of halogens is 6. The van der Waals surface area contributed by atoms with E-state index in [0.29, 0.717) is 11.8 Å². The summed E-state index contributed by atoms with van der Waals surface area (Å²) in [4.78, 5) is 13.1. The van der Waals surface area contributed by atoms with Crippen LogP contribution in [0.1, 0.15) is 24.8 Å². The Bertz CT molecular complexity index is 1090. The zero-order valence-electron chi connectivity index (χ0n) is 17.6. The molecule has 3 unspecified atom stereocenters. The lowest BCUT2D eigenvalue weighted by Crippen LogP contribution is -2.37. The monoisotopic (exact) mass is 569 g/mol. The van der Waals surface area contributed by atoms with Crippen molar-refractivity contribution in [2.45, 2.75) is 35.4 Å². The van der Waals surface area contributed by atoms with Gasteiger partial charge in [-0.25, -0.2) is 4.39 Å². The van der Waals surface area contributed by atoms with E-state index in [1.165, 1.54) is 18.2 Å². The first-order valence-electron chi connectivity index (χ1n) is 9.67. The van der Waals surface area contributed by atoms with E-state index < -0.39 is 59.1 Å². The number of ether oxygens (including phenoxy) is 1. The fraction of sp³-hybridized carbons (Fsp3) is 0.350. The van der Waals surface area contributed by atoms with Crippen molar-refractivity contribution in [3.63, 3.8) is 0 Å². The van der Waals surface area contributed by atoms with Crippen molar-refractivity contribution < 1.29 is 46.2 Å². The first kappa shape index (κ1) is 26.6. The molecule has 0 aromatic heterocycles. The molecule has 0 aliphatic carbocycles. The van der Waals surface area contributed by atoms with E-state index in [1.54, 1.807) is 0 Å². The van der Waals surface area contributed by atoms with Gasteiger partial charge in [-0.2, -0.15) is 17.6 Å². The van der Waals surface area contributed by atoms with E-state index >= 15 is 0 Å². The molecule has 3 N–H and O–H groups in total. The minimum atomic E-state index is -4.68. The SMILES string of the molecule is COc1c(C2CC(C)(C(F)(F)F)SC2C(=O)Nc2ccc(OB(O)O)c(Br)c2)ccc(F)c1F. The molecule has 6 nitrogen and oxygen atoms in total. The van der Waals surface area contributed by atoms with Crippen LogP contribution in [0.15, 0.2) is 34.8 Å². The number of anilines is 1. The Morgan fingerprint density at radius 3 is 2.50 bits per heavy atom. The van der Waals surface area contributed by atoms with E-state index in [-0.39, 0.29) is 21.5 Å². The lowest BCUT2D eigenvalue weighted by Gasteiger charge is -2.26. The van der Waals surface area contributed by atoms with E-state index in [9.17, 15) is 26.7 Å². The quantitative estimate of drug-likeness (QED) is 0.347. The average molecular weight is 570 g/mol. The molecule has 0 spiro atoms. The second-order valence-electron chi connectivity index (χ2n) is 7.64. The normalized spacial score (nSPS) is 22.4. The Hall–Kier alpha value is -2.03. The maximum Gasteiger partial charge on any atom is 0.707 e. The van der Waals surface area contributed by atoms with E-state index in [4.69, 9.17) is 19.4 Å². The van der Waals surface area contributed by atoms with Gasteiger partial charge in [0.25, 0.3) is 0 Å². The molecule has 3 atom stereocenters. The van der Waals surface area contributed by atoms with Gasteiger partial charge >= 0.3 is 13.5 Å². The summed E-state index contributed by atoms with van der Waals surface area (Å²) in [6.45, 7) is 0.952. The number of carbonyl (C=O) groups excluding carboxylic acids is 1. The van der Waals surface area contributed by atoms with Crippen LogP contribution in [0, 0.1) is 11.6 Å². The topological polar surface area (TPSA) is 88.0 Å². The highest BCUT2D eigenvalue weighted by Gasteiger charge is 2.60. The van der Waals surface area contributed by atoms with Crippen molar-refractivity contribution in [3.05, 3.63) is 52.0 Å².